The second-order valence-corrected chi connectivity index (χ2v) is 5.24. The second-order valence-electron chi connectivity index (χ2n) is 3.50. The summed E-state index contributed by atoms with van der Waals surface area (Å²) in [6, 6.07) is 3.47. The average Bonchev–Trinajstić information content (AvgIpc) is 2.77. The molecule has 1 heterocycles. The third-order valence-corrected chi connectivity index (χ3v) is 3.56. The van der Waals surface area contributed by atoms with Crippen LogP contribution in [0.3, 0.4) is 0 Å². The Balaban J connectivity index is 2.33. The van der Waals surface area contributed by atoms with Crippen LogP contribution in [0, 0.1) is 0 Å². The van der Waals surface area contributed by atoms with Crippen molar-refractivity contribution in [2.45, 2.75) is 6.10 Å². The van der Waals surface area contributed by atoms with Crippen LogP contribution in [0.2, 0.25) is 4.34 Å². The van der Waals surface area contributed by atoms with Crippen molar-refractivity contribution in [1.29, 1.82) is 0 Å². The number of amides is 2. The molecule has 2 amide bonds. The molecule has 1 aromatic rings. The van der Waals surface area contributed by atoms with Gasteiger partial charge in [0, 0.05) is 25.6 Å². The minimum Gasteiger partial charge on any atom is -0.383 e. The molecule has 0 saturated carbocycles. The summed E-state index contributed by atoms with van der Waals surface area (Å²) in [5.74, 6) is 0. The number of halogens is 1. The molecular weight excluding hydrogens is 276 g/mol. The Morgan fingerprint density at radius 2 is 2.22 bits per heavy atom. The van der Waals surface area contributed by atoms with Gasteiger partial charge in [-0.3, -0.25) is 0 Å². The molecule has 102 valence electrons. The number of methoxy groups -OCH3 is 2. The first kappa shape index (κ1) is 15.2. The van der Waals surface area contributed by atoms with Crippen molar-refractivity contribution in [2.75, 3.05) is 33.9 Å². The highest BCUT2D eigenvalue weighted by molar-refractivity contribution is 7.16. The smallest absolute Gasteiger partial charge is 0.314 e. The lowest BCUT2D eigenvalue weighted by molar-refractivity contribution is 0.106. The van der Waals surface area contributed by atoms with Gasteiger partial charge in [0.25, 0.3) is 0 Å². The molecular formula is C11H17ClN2O3S. The van der Waals surface area contributed by atoms with Crippen LogP contribution in [-0.2, 0) is 9.47 Å². The molecule has 0 saturated heterocycles. The van der Waals surface area contributed by atoms with Crippen molar-refractivity contribution in [1.82, 2.24) is 10.6 Å². The van der Waals surface area contributed by atoms with E-state index in [4.69, 9.17) is 21.1 Å². The monoisotopic (exact) mass is 292 g/mol. The topological polar surface area (TPSA) is 59.6 Å². The number of carbonyl (C=O) groups excluding carboxylic acids is 1. The summed E-state index contributed by atoms with van der Waals surface area (Å²) >= 11 is 7.30. The third-order valence-electron chi connectivity index (χ3n) is 2.24. The lowest BCUT2D eigenvalue weighted by Gasteiger charge is -2.14. The van der Waals surface area contributed by atoms with E-state index in [1.54, 1.807) is 14.2 Å². The fraction of sp³-hybridized carbons (Fsp3) is 0.545. The van der Waals surface area contributed by atoms with Crippen molar-refractivity contribution >= 4 is 29.0 Å². The molecule has 2 N–H and O–H groups in total. The Hall–Kier alpha value is -0.820. The molecule has 0 spiro atoms. The van der Waals surface area contributed by atoms with Gasteiger partial charge in [-0.15, -0.1) is 11.3 Å². The van der Waals surface area contributed by atoms with Gasteiger partial charge in [-0.2, -0.15) is 0 Å². The molecule has 0 radical (unpaired) electrons. The summed E-state index contributed by atoms with van der Waals surface area (Å²) in [6.45, 7) is 1.36. The van der Waals surface area contributed by atoms with Crippen LogP contribution in [-0.4, -0.2) is 39.9 Å². The molecule has 0 fully saturated rings. The molecule has 0 bridgehead atoms. The van der Waals surface area contributed by atoms with Gasteiger partial charge in [0.05, 0.1) is 17.5 Å². The van der Waals surface area contributed by atoms with Gasteiger partial charge in [-0.05, 0) is 12.1 Å². The molecule has 0 aliphatic heterocycles. The Kier molecular flexibility index (Phi) is 7.04. The standard InChI is InChI=1S/C11H17ClN2O3S/c1-16-6-5-13-11(15)14-7-8(17-2)9-3-4-10(12)18-9/h3-4,8H,5-7H2,1-2H3,(H2,13,14,15). The van der Waals surface area contributed by atoms with E-state index in [-0.39, 0.29) is 12.1 Å². The Morgan fingerprint density at radius 3 is 2.78 bits per heavy atom. The normalized spacial score (nSPS) is 12.2. The number of nitrogens with one attached hydrogen (secondary N) is 2. The van der Waals surface area contributed by atoms with Gasteiger partial charge in [0.2, 0.25) is 0 Å². The van der Waals surface area contributed by atoms with Crippen LogP contribution in [0.5, 0.6) is 0 Å². The molecule has 0 aliphatic carbocycles. The van der Waals surface area contributed by atoms with Crippen molar-refractivity contribution in [3.63, 3.8) is 0 Å². The van der Waals surface area contributed by atoms with Crippen molar-refractivity contribution < 1.29 is 14.3 Å². The third kappa shape index (κ3) is 5.22. The minimum atomic E-state index is -0.239. The fourth-order valence-electron chi connectivity index (χ4n) is 1.32. The van der Waals surface area contributed by atoms with Crippen LogP contribution in [0.1, 0.15) is 11.0 Å². The van der Waals surface area contributed by atoms with Crippen molar-refractivity contribution in [2.24, 2.45) is 0 Å². The summed E-state index contributed by atoms with van der Waals surface area (Å²) in [5.41, 5.74) is 0. The number of hydrogen-bond donors (Lipinski definition) is 2. The lowest BCUT2D eigenvalue weighted by Crippen LogP contribution is -2.39. The van der Waals surface area contributed by atoms with E-state index in [0.29, 0.717) is 24.0 Å². The number of urea groups is 1. The van der Waals surface area contributed by atoms with E-state index in [9.17, 15) is 4.79 Å². The van der Waals surface area contributed by atoms with Crippen LogP contribution in [0.25, 0.3) is 0 Å². The number of carbonyl (C=O) groups is 1. The highest BCUT2D eigenvalue weighted by Gasteiger charge is 2.13. The van der Waals surface area contributed by atoms with Gasteiger partial charge < -0.3 is 20.1 Å². The molecule has 1 aromatic heterocycles. The summed E-state index contributed by atoms with van der Waals surface area (Å²) in [6.07, 6.45) is -0.185. The molecule has 1 rings (SSSR count). The Morgan fingerprint density at radius 1 is 1.44 bits per heavy atom. The number of ether oxygens (including phenoxy) is 2. The van der Waals surface area contributed by atoms with Crippen molar-refractivity contribution in [3.05, 3.63) is 21.3 Å². The highest BCUT2D eigenvalue weighted by Crippen LogP contribution is 2.28. The van der Waals surface area contributed by atoms with Gasteiger partial charge >= 0.3 is 6.03 Å². The van der Waals surface area contributed by atoms with Crippen LogP contribution >= 0.6 is 22.9 Å². The van der Waals surface area contributed by atoms with Gasteiger partial charge in [-0.25, -0.2) is 4.79 Å². The SMILES string of the molecule is COCCNC(=O)NCC(OC)c1ccc(Cl)s1. The van der Waals surface area contributed by atoms with E-state index in [1.165, 1.54) is 11.3 Å². The quantitative estimate of drug-likeness (QED) is 0.756. The highest BCUT2D eigenvalue weighted by atomic mass is 35.5. The van der Waals surface area contributed by atoms with E-state index in [0.717, 1.165) is 4.88 Å². The number of thiophene rings is 1. The first-order valence-electron chi connectivity index (χ1n) is 5.46. The zero-order valence-electron chi connectivity index (χ0n) is 10.4. The maximum absolute atomic E-state index is 11.4. The molecule has 1 unspecified atom stereocenters. The van der Waals surface area contributed by atoms with E-state index >= 15 is 0 Å². The number of rotatable bonds is 7. The zero-order chi connectivity index (χ0) is 13.4. The fourth-order valence-corrected chi connectivity index (χ4v) is 2.45. The van der Waals surface area contributed by atoms with E-state index in [2.05, 4.69) is 10.6 Å². The predicted octanol–water partition coefficient (Wildman–Crippen LogP) is 2.03. The lowest BCUT2D eigenvalue weighted by atomic mass is 10.3. The zero-order valence-corrected chi connectivity index (χ0v) is 11.9. The van der Waals surface area contributed by atoms with E-state index in [1.807, 2.05) is 12.1 Å². The van der Waals surface area contributed by atoms with Gasteiger partial charge in [-0.1, -0.05) is 11.6 Å². The molecule has 7 heteroatoms. The Bertz CT molecular complexity index is 373. The maximum Gasteiger partial charge on any atom is 0.314 e. The largest absolute Gasteiger partial charge is 0.383 e. The first-order chi connectivity index (χ1) is 8.67. The maximum atomic E-state index is 11.4. The van der Waals surface area contributed by atoms with Crippen LogP contribution in [0.15, 0.2) is 12.1 Å². The van der Waals surface area contributed by atoms with E-state index < -0.39 is 0 Å². The molecule has 1 atom stereocenters. The van der Waals surface area contributed by atoms with Crippen LogP contribution in [0.4, 0.5) is 4.79 Å². The second kappa shape index (κ2) is 8.31. The summed E-state index contributed by atoms with van der Waals surface area (Å²) in [4.78, 5) is 12.4. The average molecular weight is 293 g/mol. The number of hydrogen-bond acceptors (Lipinski definition) is 4. The molecule has 0 aliphatic rings. The van der Waals surface area contributed by atoms with Gasteiger partial charge in [0.1, 0.15) is 6.10 Å². The predicted molar refractivity (Wildman–Crippen MR) is 72.4 cm³/mol. The first-order valence-corrected chi connectivity index (χ1v) is 6.65. The van der Waals surface area contributed by atoms with Crippen molar-refractivity contribution in [3.8, 4) is 0 Å². The Labute approximate surface area is 115 Å². The summed E-state index contributed by atoms with van der Waals surface area (Å²) in [7, 11) is 3.18. The summed E-state index contributed by atoms with van der Waals surface area (Å²) in [5, 5.41) is 5.40. The molecule has 18 heavy (non-hydrogen) atoms. The van der Waals surface area contributed by atoms with Crippen LogP contribution < -0.4 is 10.6 Å². The summed E-state index contributed by atoms with van der Waals surface area (Å²) < 4.78 is 10.8. The van der Waals surface area contributed by atoms with Gasteiger partial charge in [0.15, 0.2) is 0 Å². The molecule has 5 nitrogen and oxygen atoms in total. The minimum absolute atomic E-state index is 0.185. The molecule has 0 aromatic carbocycles.